The van der Waals surface area contributed by atoms with Crippen molar-refractivity contribution in [2.75, 3.05) is 0 Å². The number of nitrogens with one attached hydrogen (secondary N) is 1. The maximum Gasteiger partial charge on any atom is 0.0351 e. The first-order chi connectivity index (χ1) is 9.34. The van der Waals surface area contributed by atoms with Crippen LogP contribution in [0.2, 0.25) is 0 Å². The first-order valence-corrected chi connectivity index (χ1v) is 7.19. The number of benzene rings is 2. The van der Waals surface area contributed by atoms with E-state index in [1.165, 1.54) is 29.5 Å². The predicted octanol–water partition coefficient (Wildman–Crippen LogP) is 4.10. The van der Waals surface area contributed by atoms with Crippen LogP contribution in [-0.2, 0) is 13.0 Å². The third-order valence-corrected chi connectivity index (χ3v) is 4.20. The van der Waals surface area contributed by atoms with Crippen LogP contribution in [0.1, 0.15) is 36.1 Å². The number of rotatable bonds is 3. The van der Waals surface area contributed by atoms with Crippen molar-refractivity contribution < 1.29 is 0 Å². The molecule has 19 heavy (non-hydrogen) atoms. The zero-order chi connectivity index (χ0) is 13.1. The second-order valence-electron chi connectivity index (χ2n) is 5.56. The summed E-state index contributed by atoms with van der Waals surface area (Å²) < 4.78 is 0. The highest BCUT2D eigenvalue weighted by Gasteiger charge is 2.25. The van der Waals surface area contributed by atoms with Crippen LogP contribution in [0.5, 0.6) is 0 Å². The Morgan fingerprint density at radius 3 is 2.58 bits per heavy atom. The van der Waals surface area contributed by atoms with E-state index in [0.29, 0.717) is 12.0 Å². The van der Waals surface area contributed by atoms with Gasteiger partial charge in [0.1, 0.15) is 0 Å². The third kappa shape index (κ3) is 2.71. The number of fused-ring (bicyclic) bond motifs is 1. The van der Waals surface area contributed by atoms with Gasteiger partial charge in [0, 0.05) is 12.6 Å². The average Bonchev–Trinajstić information content (AvgIpc) is 2.47. The predicted molar refractivity (Wildman–Crippen MR) is 79.9 cm³/mol. The van der Waals surface area contributed by atoms with E-state index in [9.17, 15) is 0 Å². The van der Waals surface area contributed by atoms with Crippen molar-refractivity contribution in [1.82, 2.24) is 5.32 Å². The molecular formula is C18H21N. The molecule has 0 saturated carbocycles. The van der Waals surface area contributed by atoms with Crippen LogP contribution in [0, 0.1) is 5.92 Å². The van der Waals surface area contributed by atoms with E-state index >= 15 is 0 Å². The third-order valence-electron chi connectivity index (χ3n) is 4.20. The van der Waals surface area contributed by atoms with E-state index in [1.54, 1.807) is 0 Å². The number of aryl methyl sites for hydroxylation is 1. The highest BCUT2D eigenvalue weighted by atomic mass is 14.9. The summed E-state index contributed by atoms with van der Waals surface area (Å²) in [7, 11) is 0. The van der Waals surface area contributed by atoms with Gasteiger partial charge >= 0.3 is 0 Å². The molecule has 2 aromatic carbocycles. The summed E-state index contributed by atoms with van der Waals surface area (Å²) in [5.41, 5.74) is 4.38. The van der Waals surface area contributed by atoms with Crippen molar-refractivity contribution in [3.8, 4) is 0 Å². The molecule has 1 nitrogen and oxygen atoms in total. The van der Waals surface area contributed by atoms with E-state index in [4.69, 9.17) is 0 Å². The quantitative estimate of drug-likeness (QED) is 0.866. The standard InChI is InChI=1S/C18H21N/c1-14-11-12-16-9-5-6-10-17(16)18(14)19-13-15-7-3-2-4-8-15/h2-10,14,18-19H,11-13H2,1H3/t14-,18-/m1/s1. The maximum atomic E-state index is 3.74. The molecule has 2 aromatic rings. The molecule has 0 unspecified atom stereocenters. The van der Waals surface area contributed by atoms with E-state index in [2.05, 4.69) is 66.8 Å². The summed E-state index contributed by atoms with van der Waals surface area (Å²) >= 11 is 0. The molecule has 2 atom stereocenters. The second kappa shape index (κ2) is 5.58. The topological polar surface area (TPSA) is 12.0 Å². The van der Waals surface area contributed by atoms with Gasteiger partial charge in [-0.05, 0) is 35.4 Å². The lowest BCUT2D eigenvalue weighted by Gasteiger charge is -2.32. The van der Waals surface area contributed by atoms with Crippen LogP contribution < -0.4 is 5.32 Å². The van der Waals surface area contributed by atoms with Gasteiger partial charge in [-0.1, -0.05) is 61.5 Å². The van der Waals surface area contributed by atoms with Crippen molar-refractivity contribution >= 4 is 0 Å². The van der Waals surface area contributed by atoms with Gasteiger partial charge in [-0.25, -0.2) is 0 Å². The molecule has 0 heterocycles. The normalized spacial score (nSPS) is 21.9. The van der Waals surface area contributed by atoms with E-state index in [1.807, 2.05) is 0 Å². The SMILES string of the molecule is C[C@@H]1CCc2ccccc2[C@@H]1NCc1ccccc1. The molecule has 0 radical (unpaired) electrons. The minimum atomic E-state index is 0.491. The maximum absolute atomic E-state index is 3.74. The van der Waals surface area contributed by atoms with Gasteiger partial charge in [-0.2, -0.15) is 0 Å². The molecule has 0 fully saturated rings. The summed E-state index contributed by atoms with van der Waals surface area (Å²) in [6, 6.07) is 20.0. The van der Waals surface area contributed by atoms with Crippen LogP contribution in [-0.4, -0.2) is 0 Å². The Morgan fingerprint density at radius 1 is 1.00 bits per heavy atom. The second-order valence-corrected chi connectivity index (χ2v) is 5.56. The van der Waals surface area contributed by atoms with Crippen molar-refractivity contribution in [1.29, 1.82) is 0 Å². The van der Waals surface area contributed by atoms with Crippen molar-refractivity contribution in [3.63, 3.8) is 0 Å². The molecule has 0 amide bonds. The molecule has 1 heteroatoms. The molecule has 0 aliphatic heterocycles. The van der Waals surface area contributed by atoms with E-state index < -0.39 is 0 Å². The first-order valence-electron chi connectivity index (χ1n) is 7.19. The molecule has 98 valence electrons. The van der Waals surface area contributed by atoms with Gasteiger partial charge in [0.05, 0.1) is 0 Å². The zero-order valence-electron chi connectivity index (χ0n) is 11.5. The summed E-state index contributed by atoms with van der Waals surface area (Å²) in [5.74, 6) is 0.707. The summed E-state index contributed by atoms with van der Waals surface area (Å²) in [5, 5.41) is 3.74. The Balaban J connectivity index is 1.77. The van der Waals surface area contributed by atoms with Gasteiger partial charge in [-0.15, -0.1) is 0 Å². The van der Waals surface area contributed by atoms with Gasteiger partial charge < -0.3 is 5.32 Å². The summed E-state index contributed by atoms with van der Waals surface area (Å²) in [4.78, 5) is 0. The Morgan fingerprint density at radius 2 is 1.74 bits per heavy atom. The highest BCUT2D eigenvalue weighted by Crippen LogP contribution is 2.34. The Labute approximate surface area is 115 Å². The molecule has 1 aliphatic rings. The molecule has 0 saturated heterocycles. The van der Waals surface area contributed by atoms with Crippen molar-refractivity contribution in [2.24, 2.45) is 5.92 Å². The van der Waals surface area contributed by atoms with Gasteiger partial charge in [0.15, 0.2) is 0 Å². The lowest BCUT2D eigenvalue weighted by molar-refractivity contribution is 0.343. The fourth-order valence-electron chi connectivity index (χ4n) is 3.06. The monoisotopic (exact) mass is 251 g/mol. The average molecular weight is 251 g/mol. The summed E-state index contributed by atoms with van der Waals surface area (Å²) in [6.45, 7) is 3.31. The van der Waals surface area contributed by atoms with Gasteiger partial charge in [0.2, 0.25) is 0 Å². The molecular weight excluding hydrogens is 230 g/mol. The Kier molecular flexibility index (Phi) is 3.65. The fourth-order valence-corrected chi connectivity index (χ4v) is 3.06. The Hall–Kier alpha value is -1.60. The van der Waals surface area contributed by atoms with Crippen LogP contribution in [0.3, 0.4) is 0 Å². The minimum absolute atomic E-state index is 0.491. The smallest absolute Gasteiger partial charge is 0.0351 e. The molecule has 1 N–H and O–H groups in total. The number of hydrogen-bond donors (Lipinski definition) is 1. The van der Waals surface area contributed by atoms with Crippen molar-refractivity contribution in [3.05, 3.63) is 71.3 Å². The lowest BCUT2D eigenvalue weighted by Crippen LogP contribution is -2.30. The molecule has 0 aromatic heterocycles. The summed E-state index contributed by atoms with van der Waals surface area (Å²) in [6.07, 6.45) is 2.50. The molecule has 0 bridgehead atoms. The molecule has 0 spiro atoms. The highest BCUT2D eigenvalue weighted by molar-refractivity contribution is 5.33. The first kappa shape index (κ1) is 12.4. The largest absolute Gasteiger partial charge is 0.306 e. The lowest BCUT2D eigenvalue weighted by atomic mass is 9.80. The molecule has 1 aliphatic carbocycles. The number of hydrogen-bond acceptors (Lipinski definition) is 1. The van der Waals surface area contributed by atoms with Crippen molar-refractivity contribution in [2.45, 2.75) is 32.4 Å². The van der Waals surface area contributed by atoms with Gasteiger partial charge in [-0.3, -0.25) is 0 Å². The van der Waals surface area contributed by atoms with Crippen LogP contribution in [0.15, 0.2) is 54.6 Å². The fraction of sp³-hybridized carbons (Fsp3) is 0.333. The zero-order valence-corrected chi connectivity index (χ0v) is 11.5. The molecule has 3 rings (SSSR count). The van der Waals surface area contributed by atoms with Crippen LogP contribution in [0.4, 0.5) is 0 Å². The van der Waals surface area contributed by atoms with Gasteiger partial charge in [0.25, 0.3) is 0 Å². The van der Waals surface area contributed by atoms with E-state index in [-0.39, 0.29) is 0 Å². The minimum Gasteiger partial charge on any atom is -0.306 e. The van der Waals surface area contributed by atoms with Crippen LogP contribution >= 0.6 is 0 Å². The Bertz CT molecular complexity index is 532. The van der Waals surface area contributed by atoms with Crippen LogP contribution in [0.25, 0.3) is 0 Å². The van der Waals surface area contributed by atoms with E-state index in [0.717, 1.165) is 6.54 Å².